The topological polar surface area (TPSA) is 24.5 Å². The molecule has 0 aromatic carbocycles. The number of rotatable bonds is 6. The average molecular weight is 263 g/mol. The zero-order chi connectivity index (χ0) is 12.7. The molecule has 1 fully saturated rings. The van der Waals surface area contributed by atoms with E-state index in [1.54, 1.807) is 0 Å². The predicted octanol–water partition coefficient (Wildman–Crippen LogP) is 1.95. The van der Waals surface area contributed by atoms with Crippen molar-refractivity contribution in [1.82, 2.24) is 10.2 Å². The lowest BCUT2D eigenvalue weighted by Gasteiger charge is -2.27. The Kier molecular flexibility index (Phi) is 6.78. The smallest absolute Gasteiger partial charge is 0.0594 e. The van der Waals surface area contributed by atoms with Gasteiger partial charge in [0.2, 0.25) is 0 Å². The van der Waals surface area contributed by atoms with Crippen molar-refractivity contribution in [2.45, 2.75) is 32.6 Å². The van der Waals surface area contributed by atoms with Crippen LogP contribution in [-0.4, -0.2) is 56.2 Å². The second-order valence-corrected chi connectivity index (χ2v) is 6.64. The largest absolute Gasteiger partial charge is 0.379 e. The molecule has 1 saturated heterocycles. The number of morpholine rings is 1. The highest BCUT2D eigenvalue weighted by atomic mass is 35.5. The van der Waals surface area contributed by atoms with Crippen molar-refractivity contribution in [2.24, 2.45) is 5.41 Å². The monoisotopic (exact) mass is 262 g/mol. The van der Waals surface area contributed by atoms with Gasteiger partial charge < -0.3 is 10.1 Å². The molecule has 0 spiro atoms. The van der Waals surface area contributed by atoms with Crippen LogP contribution >= 0.6 is 11.6 Å². The lowest BCUT2D eigenvalue weighted by molar-refractivity contribution is 0.0384. The van der Waals surface area contributed by atoms with E-state index in [1.165, 1.54) is 0 Å². The van der Waals surface area contributed by atoms with E-state index in [0.29, 0.717) is 5.41 Å². The van der Waals surface area contributed by atoms with Crippen LogP contribution in [0.4, 0.5) is 0 Å². The fourth-order valence-electron chi connectivity index (χ4n) is 2.06. The van der Waals surface area contributed by atoms with Gasteiger partial charge in [0.15, 0.2) is 0 Å². The van der Waals surface area contributed by atoms with Crippen molar-refractivity contribution in [3.8, 4) is 0 Å². The number of alkyl halides is 1. The maximum atomic E-state index is 6.29. The van der Waals surface area contributed by atoms with Crippen molar-refractivity contribution in [3.05, 3.63) is 0 Å². The summed E-state index contributed by atoms with van der Waals surface area (Å²) in [6.45, 7) is 13.6. The van der Waals surface area contributed by atoms with Crippen LogP contribution in [0.15, 0.2) is 0 Å². The Morgan fingerprint density at radius 1 is 1.29 bits per heavy atom. The SMILES string of the molecule is CC(C)(C)CC(Cl)CNCCN1CCOCC1. The van der Waals surface area contributed by atoms with Gasteiger partial charge in [-0.05, 0) is 11.8 Å². The first-order valence-corrected chi connectivity index (χ1v) is 7.06. The Morgan fingerprint density at radius 3 is 2.53 bits per heavy atom. The highest BCUT2D eigenvalue weighted by Gasteiger charge is 2.16. The van der Waals surface area contributed by atoms with Crippen molar-refractivity contribution >= 4 is 11.6 Å². The van der Waals surface area contributed by atoms with Gasteiger partial charge in [-0.3, -0.25) is 4.90 Å². The molecule has 0 aromatic heterocycles. The van der Waals surface area contributed by atoms with Crippen molar-refractivity contribution < 1.29 is 4.74 Å². The van der Waals surface area contributed by atoms with Crippen molar-refractivity contribution in [3.63, 3.8) is 0 Å². The molecule has 1 N–H and O–H groups in total. The molecule has 0 aliphatic carbocycles. The summed E-state index contributed by atoms with van der Waals surface area (Å²) < 4.78 is 5.32. The Morgan fingerprint density at radius 2 is 1.94 bits per heavy atom. The molecule has 1 rings (SSSR count). The summed E-state index contributed by atoms with van der Waals surface area (Å²) in [5.41, 5.74) is 0.318. The molecular formula is C13H27ClN2O. The molecule has 0 radical (unpaired) electrons. The molecule has 1 atom stereocenters. The van der Waals surface area contributed by atoms with Crippen molar-refractivity contribution in [1.29, 1.82) is 0 Å². The van der Waals surface area contributed by atoms with E-state index in [-0.39, 0.29) is 5.38 Å². The molecule has 1 aliphatic rings. The molecule has 3 nitrogen and oxygen atoms in total. The van der Waals surface area contributed by atoms with E-state index in [0.717, 1.165) is 52.4 Å². The maximum Gasteiger partial charge on any atom is 0.0594 e. The lowest BCUT2D eigenvalue weighted by Crippen LogP contribution is -2.41. The molecule has 0 bridgehead atoms. The van der Waals surface area contributed by atoms with Crippen LogP contribution in [0.2, 0.25) is 0 Å². The summed E-state index contributed by atoms with van der Waals surface area (Å²) in [6, 6.07) is 0. The highest BCUT2D eigenvalue weighted by molar-refractivity contribution is 6.20. The number of ether oxygens (including phenoxy) is 1. The average Bonchev–Trinajstić information content (AvgIpc) is 2.23. The minimum Gasteiger partial charge on any atom is -0.379 e. The highest BCUT2D eigenvalue weighted by Crippen LogP contribution is 2.23. The molecule has 17 heavy (non-hydrogen) atoms. The molecule has 0 amide bonds. The van der Waals surface area contributed by atoms with E-state index in [1.807, 2.05) is 0 Å². The summed E-state index contributed by atoms with van der Waals surface area (Å²) in [7, 11) is 0. The molecule has 4 heteroatoms. The van der Waals surface area contributed by atoms with E-state index in [4.69, 9.17) is 16.3 Å². The van der Waals surface area contributed by atoms with Gasteiger partial charge >= 0.3 is 0 Å². The van der Waals surface area contributed by atoms with Crippen LogP contribution in [0, 0.1) is 5.41 Å². The van der Waals surface area contributed by atoms with Gasteiger partial charge in [-0.15, -0.1) is 11.6 Å². The third-order valence-corrected chi connectivity index (χ3v) is 3.22. The lowest BCUT2D eigenvalue weighted by atomic mass is 9.90. The predicted molar refractivity (Wildman–Crippen MR) is 73.8 cm³/mol. The Labute approximate surface area is 111 Å². The zero-order valence-electron chi connectivity index (χ0n) is 11.5. The minimum atomic E-state index is 0.236. The molecule has 1 unspecified atom stereocenters. The number of nitrogens with one attached hydrogen (secondary N) is 1. The fraction of sp³-hybridized carbons (Fsp3) is 1.00. The van der Waals surface area contributed by atoms with Crippen LogP contribution in [0.3, 0.4) is 0 Å². The summed E-state index contributed by atoms with van der Waals surface area (Å²) in [4.78, 5) is 2.43. The van der Waals surface area contributed by atoms with Gasteiger partial charge in [-0.1, -0.05) is 20.8 Å². The van der Waals surface area contributed by atoms with E-state index >= 15 is 0 Å². The molecule has 102 valence electrons. The Bertz CT molecular complexity index is 200. The first-order chi connectivity index (χ1) is 7.97. The standard InChI is InChI=1S/C13H27ClN2O/c1-13(2,3)10-12(14)11-15-4-5-16-6-8-17-9-7-16/h12,15H,4-11H2,1-3H3. The van der Waals surface area contributed by atoms with Gasteiger partial charge in [-0.2, -0.15) is 0 Å². The third kappa shape index (κ3) is 7.98. The summed E-state index contributed by atoms with van der Waals surface area (Å²) in [6.07, 6.45) is 1.05. The number of hydrogen-bond acceptors (Lipinski definition) is 3. The number of hydrogen-bond donors (Lipinski definition) is 1. The number of nitrogens with zero attached hydrogens (tertiary/aromatic N) is 1. The van der Waals surface area contributed by atoms with Gasteiger partial charge in [0.1, 0.15) is 0 Å². The normalized spacial score (nSPS) is 20.5. The van der Waals surface area contributed by atoms with E-state index in [2.05, 4.69) is 31.0 Å². The van der Waals surface area contributed by atoms with Gasteiger partial charge in [-0.25, -0.2) is 0 Å². The number of halogens is 1. The molecule has 0 saturated carbocycles. The van der Waals surface area contributed by atoms with Gasteiger partial charge in [0.25, 0.3) is 0 Å². The third-order valence-electron chi connectivity index (χ3n) is 2.91. The first kappa shape index (κ1) is 15.2. The van der Waals surface area contributed by atoms with Crippen LogP contribution in [-0.2, 0) is 4.74 Å². The first-order valence-electron chi connectivity index (χ1n) is 6.62. The zero-order valence-corrected chi connectivity index (χ0v) is 12.2. The second kappa shape index (κ2) is 7.57. The molecule has 0 aromatic rings. The van der Waals surface area contributed by atoms with Crippen LogP contribution in [0.1, 0.15) is 27.2 Å². The second-order valence-electron chi connectivity index (χ2n) is 6.02. The van der Waals surface area contributed by atoms with E-state index in [9.17, 15) is 0 Å². The Hall–Kier alpha value is 0.170. The Balaban J connectivity index is 1.99. The summed E-state index contributed by atoms with van der Waals surface area (Å²) in [5, 5.41) is 3.68. The molecule has 1 aliphatic heterocycles. The minimum absolute atomic E-state index is 0.236. The van der Waals surface area contributed by atoms with Crippen molar-refractivity contribution in [2.75, 3.05) is 45.9 Å². The summed E-state index contributed by atoms with van der Waals surface area (Å²) in [5.74, 6) is 0. The van der Waals surface area contributed by atoms with Crippen LogP contribution < -0.4 is 5.32 Å². The van der Waals surface area contributed by atoms with Gasteiger partial charge in [0.05, 0.1) is 13.2 Å². The molecular weight excluding hydrogens is 236 g/mol. The molecule has 1 heterocycles. The van der Waals surface area contributed by atoms with E-state index < -0.39 is 0 Å². The van der Waals surface area contributed by atoms with Crippen LogP contribution in [0.25, 0.3) is 0 Å². The quantitative estimate of drug-likeness (QED) is 0.585. The fourth-order valence-corrected chi connectivity index (χ4v) is 2.63. The summed E-state index contributed by atoms with van der Waals surface area (Å²) >= 11 is 6.29. The maximum absolute atomic E-state index is 6.29. The van der Waals surface area contributed by atoms with Crippen LogP contribution in [0.5, 0.6) is 0 Å². The van der Waals surface area contributed by atoms with Gasteiger partial charge in [0, 0.05) is 38.1 Å².